The van der Waals surface area contributed by atoms with Gasteiger partial charge in [0.25, 0.3) is 5.91 Å². The minimum absolute atomic E-state index is 0.0377. The zero-order valence-corrected chi connectivity index (χ0v) is 17.6. The molecule has 1 aromatic heterocycles. The molecule has 3 aromatic rings. The molecule has 2 aromatic carbocycles. The fraction of sp³-hybridized carbons (Fsp3) is 0.318. The third kappa shape index (κ3) is 4.99. The number of fused-ring (bicyclic) bond motifs is 1. The van der Waals surface area contributed by atoms with E-state index in [0.29, 0.717) is 42.3 Å². The minimum atomic E-state index is -0.346. The summed E-state index contributed by atoms with van der Waals surface area (Å²) < 4.78 is 14.1. The predicted octanol–water partition coefficient (Wildman–Crippen LogP) is 4.08. The first kappa shape index (κ1) is 21.0. The molecule has 0 spiro atoms. The maximum Gasteiger partial charge on any atom is 0.279 e. The van der Waals surface area contributed by atoms with Gasteiger partial charge in [-0.25, -0.2) is 0 Å². The Bertz CT molecular complexity index is 1080. The van der Waals surface area contributed by atoms with E-state index in [1.807, 2.05) is 36.6 Å². The summed E-state index contributed by atoms with van der Waals surface area (Å²) in [6.07, 6.45) is 0. The molecule has 0 atom stereocenters. The normalized spacial score (nSPS) is 11.8. The Morgan fingerprint density at radius 1 is 1.03 bits per heavy atom. The Hall–Kier alpha value is -2.77. The first-order valence-corrected chi connectivity index (χ1v) is 10.4. The number of benzene rings is 2. The Morgan fingerprint density at radius 3 is 2.41 bits per heavy atom. The number of hydrogen-bond donors (Lipinski definition) is 0. The maximum absolute atomic E-state index is 12.7. The van der Waals surface area contributed by atoms with Gasteiger partial charge in [-0.2, -0.15) is 4.99 Å². The van der Waals surface area contributed by atoms with Gasteiger partial charge in [0.1, 0.15) is 5.75 Å². The monoisotopic (exact) mass is 412 g/mol. The van der Waals surface area contributed by atoms with Crippen LogP contribution in [0.15, 0.2) is 47.5 Å². The number of Topliss-reactive ketones (excluding diaryl/α,β-unsaturated/α-hetero) is 1. The van der Waals surface area contributed by atoms with E-state index in [1.165, 1.54) is 18.3 Å². The summed E-state index contributed by atoms with van der Waals surface area (Å²) in [5, 5.41) is 0. The van der Waals surface area contributed by atoms with Crippen LogP contribution in [0.25, 0.3) is 10.2 Å². The fourth-order valence-electron chi connectivity index (χ4n) is 2.91. The minimum Gasteiger partial charge on any atom is -0.494 e. The SMILES string of the molecule is CCOCCn1c(=NC(=O)c2ccc(C(C)=O)cc2)sc2cc(OCC)ccc21. The molecule has 0 bridgehead atoms. The number of carbonyl (C=O) groups is 2. The van der Waals surface area contributed by atoms with E-state index in [9.17, 15) is 9.59 Å². The van der Waals surface area contributed by atoms with Crippen molar-refractivity contribution in [1.82, 2.24) is 4.57 Å². The number of amides is 1. The van der Waals surface area contributed by atoms with Gasteiger partial charge in [0.2, 0.25) is 0 Å². The van der Waals surface area contributed by atoms with Crippen LogP contribution in [0.3, 0.4) is 0 Å². The lowest BCUT2D eigenvalue weighted by molar-refractivity contribution is 0.0990. The Balaban J connectivity index is 2.01. The lowest BCUT2D eigenvalue weighted by atomic mass is 10.1. The van der Waals surface area contributed by atoms with Crippen molar-refractivity contribution in [2.75, 3.05) is 19.8 Å². The fourth-order valence-corrected chi connectivity index (χ4v) is 3.99. The van der Waals surface area contributed by atoms with Crippen LogP contribution in [-0.2, 0) is 11.3 Å². The van der Waals surface area contributed by atoms with Crippen molar-refractivity contribution in [2.45, 2.75) is 27.3 Å². The third-order valence-corrected chi connectivity index (χ3v) is 5.41. The molecule has 0 radical (unpaired) electrons. The Kier molecular flexibility index (Phi) is 6.95. The van der Waals surface area contributed by atoms with E-state index in [0.717, 1.165) is 16.0 Å². The highest BCUT2D eigenvalue weighted by molar-refractivity contribution is 7.16. The predicted molar refractivity (Wildman–Crippen MR) is 114 cm³/mol. The van der Waals surface area contributed by atoms with E-state index < -0.39 is 0 Å². The summed E-state index contributed by atoms with van der Waals surface area (Å²) in [5.41, 5.74) is 1.99. The second-order valence-corrected chi connectivity index (χ2v) is 7.36. The number of ketones is 1. The van der Waals surface area contributed by atoms with Crippen LogP contribution in [0.2, 0.25) is 0 Å². The van der Waals surface area contributed by atoms with Gasteiger partial charge in [-0.1, -0.05) is 23.5 Å². The van der Waals surface area contributed by atoms with E-state index in [4.69, 9.17) is 9.47 Å². The smallest absolute Gasteiger partial charge is 0.279 e. The molecule has 152 valence electrons. The summed E-state index contributed by atoms with van der Waals surface area (Å²) in [6.45, 7) is 7.73. The van der Waals surface area contributed by atoms with Crippen LogP contribution in [0.5, 0.6) is 5.75 Å². The number of hydrogen-bond acceptors (Lipinski definition) is 5. The van der Waals surface area contributed by atoms with E-state index >= 15 is 0 Å². The van der Waals surface area contributed by atoms with Gasteiger partial charge in [-0.3, -0.25) is 9.59 Å². The van der Waals surface area contributed by atoms with Crippen LogP contribution < -0.4 is 9.54 Å². The molecule has 1 amide bonds. The zero-order valence-electron chi connectivity index (χ0n) is 16.8. The number of aromatic nitrogens is 1. The number of carbonyl (C=O) groups excluding carboxylic acids is 2. The largest absolute Gasteiger partial charge is 0.494 e. The summed E-state index contributed by atoms with van der Waals surface area (Å²) in [7, 11) is 0. The molecule has 0 aliphatic rings. The second-order valence-electron chi connectivity index (χ2n) is 6.35. The van der Waals surface area contributed by atoms with Gasteiger partial charge in [-0.05, 0) is 51.1 Å². The van der Waals surface area contributed by atoms with Gasteiger partial charge in [0, 0.05) is 24.3 Å². The van der Waals surface area contributed by atoms with Crippen molar-refractivity contribution in [3.63, 3.8) is 0 Å². The summed E-state index contributed by atoms with van der Waals surface area (Å²) in [6, 6.07) is 12.4. The molecule has 0 N–H and O–H groups in total. The van der Waals surface area contributed by atoms with Crippen molar-refractivity contribution in [3.05, 3.63) is 58.4 Å². The molecular weight excluding hydrogens is 388 g/mol. The van der Waals surface area contributed by atoms with Crippen molar-refractivity contribution in [1.29, 1.82) is 0 Å². The van der Waals surface area contributed by atoms with Gasteiger partial charge < -0.3 is 14.0 Å². The molecule has 6 nitrogen and oxygen atoms in total. The highest BCUT2D eigenvalue weighted by Crippen LogP contribution is 2.23. The molecule has 0 aliphatic carbocycles. The summed E-state index contributed by atoms with van der Waals surface area (Å²) >= 11 is 1.44. The molecule has 0 saturated carbocycles. The molecule has 7 heteroatoms. The molecule has 0 saturated heterocycles. The lowest BCUT2D eigenvalue weighted by Gasteiger charge is -2.06. The van der Waals surface area contributed by atoms with Gasteiger partial charge in [0.05, 0.1) is 23.4 Å². The number of nitrogens with zero attached hydrogens (tertiary/aromatic N) is 2. The van der Waals surface area contributed by atoms with Gasteiger partial charge in [0.15, 0.2) is 10.6 Å². The van der Waals surface area contributed by atoms with Gasteiger partial charge >= 0.3 is 0 Å². The highest BCUT2D eigenvalue weighted by atomic mass is 32.1. The van der Waals surface area contributed by atoms with Crippen molar-refractivity contribution in [3.8, 4) is 5.75 Å². The molecule has 3 rings (SSSR count). The van der Waals surface area contributed by atoms with Crippen molar-refractivity contribution >= 4 is 33.2 Å². The van der Waals surface area contributed by atoms with Crippen LogP contribution in [0, 0.1) is 0 Å². The Labute approximate surface area is 173 Å². The van der Waals surface area contributed by atoms with Crippen molar-refractivity contribution < 1.29 is 19.1 Å². The first-order chi connectivity index (χ1) is 14.0. The standard InChI is InChI=1S/C22H24N2O4S/c1-4-27-13-12-24-19-11-10-18(28-5-2)14-20(19)29-22(24)23-21(26)17-8-6-16(7-9-17)15(3)25/h6-11,14H,4-5,12-13H2,1-3H3. The van der Waals surface area contributed by atoms with Crippen LogP contribution in [0.4, 0.5) is 0 Å². The zero-order chi connectivity index (χ0) is 20.8. The average molecular weight is 413 g/mol. The van der Waals surface area contributed by atoms with E-state index in [2.05, 4.69) is 4.99 Å². The number of thiazole rings is 1. The van der Waals surface area contributed by atoms with E-state index in [1.54, 1.807) is 24.3 Å². The first-order valence-electron chi connectivity index (χ1n) is 9.57. The average Bonchev–Trinajstić information content (AvgIpc) is 3.05. The number of rotatable bonds is 8. The quantitative estimate of drug-likeness (QED) is 0.413. The molecule has 0 fully saturated rings. The third-order valence-electron chi connectivity index (χ3n) is 4.36. The highest BCUT2D eigenvalue weighted by Gasteiger charge is 2.11. The molecule has 0 unspecified atom stereocenters. The summed E-state index contributed by atoms with van der Waals surface area (Å²) in [4.78, 5) is 29.1. The maximum atomic E-state index is 12.7. The van der Waals surface area contributed by atoms with Crippen molar-refractivity contribution in [2.24, 2.45) is 4.99 Å². The lowest BCUT2D eigenvalue weighted by Crippen LogP contribution is -2.19. The topological polar surface area (TPSA) is 69.9 Å². The van der Waals surface area contributed by atoms with E-state index in [-0.39, 0.29) is 11.7 Å². The summed E-state index contributed by atoms with van der Waals surface area (Å²) in [5.74, 6) is 0.405. The van der Waals surface area contributed by atoms with Gasteiger partial charge in [-0.15, -0.1) is 0 Å². The molecule has 29 heavy (non-hydrogen) atoms. The van der Waals surface area contributed by atoms with Crippen LogP contribution in [0.1, 0.15) is 41.5 Å². The Morgan fingerprint density at radius 2 is 1.76 bits per heavy atom. The van der Waals surface area contributed by atoms with Crippen LogP contribution >= 0.6 is 11.3 Å². The molecule has 0 aliphatic heterocycles. The second kappa shape index (κ2) is 9.62. The molecule has 1 heterocycles. The van der Waals surface area contributed by atoms with Crippen LogP contribution in [-0.4, -0.2) is 36.1 Å². The molecular formula is C22H24N2O4S. The number of ether oxygens (including phenoxy) is 2.